The van der Waals surface area contributed by atoms with Gasteiger partial charge in [0.15, 0.2) is 5.41 Å². The zero-order valence-electron chi connectivity index (χ0n) is 16.7. The number of ether oxygens (including phenoxy) is 3. The Morgan fingerprint density at radius 3 is 1.52 bits per heavy atom. The van der Waals surface area contributed by atoms with Crippen molar-refractivity contribution < 1.29 is 24.1 Å². The monoisotopic (exact) mass is 392 g/mol. The molecule has 0 aliphatic carbocycles. The van der Waals surface area contributed by atoms with Gasteiger partial charge in [-0.2, -0.15) is 0 Å². The summed E-state index contributed by atoms with van der Waals surface area (Å²) < 4.78 is 17.0. The zero-order valence-corrected chi connectivity index (χ0v) is 16.7. The Hall–Kier alpha value is -3.47. The Labute approximate surface area is 170 Å². The van der Waals surface area contributed by atoms with Crippen molar-refractivity contribution in [2.75, 3.05) is 20.8 Å². The third-order valence-corrected chi connectivity index (χ3v) is 4.93. The van der Waals surface area contributed by atoms with E-state index in [-0.39, 0.29) is 0 Å². The molecule has 0 aromatic heterocycles. The maximum Gasteiger partial charge on any atom is 0.323 e. The van der Waals surface area contributed by atoms with Crippen molar-refractivity contribution >= 4 is 5.97 Å². The fourth-order valence-electron chi connectivity index (χ4n) is 3.75. The van der Waals surface area contributed by atoms with Crippen LogP contribution in [0.5, 0.6) is 17.2 Å². The van der Waals surface area contributed by atoms with E-state index in [0.29, 0.717) is 40.5 Å². The van der Waals surface area contributed by atoms with E-state index in [1.165, 1.54) is 14.2 Å². The Morgan fingerprint density at radius 2 is 1.14 bits per heavy atom. The highest BCUT2D eigenvalue weighted by Crippen LogP contribution is 2.49. The molecule has 3 aromatic rings. The molecule has 0 unspecified atom stereocenters. The van der Waals surface area contributed by atoms with Gasteiger partial charge < -0.3 is 19.3 Å². The molecular formula is C24H24O5. The van der Waals surface area contributed by atoms with E-state index in [0.717, 1.165) is 0 Å². The second-order valence-corrected chi connectivity index (χ2v) is 6.38. The fraction of sp³-hybridized carbons (Fsp3) is 0.208. The van der Waals surface area contributed by atoms with Crippen LogP contribution in [0.25, 0.3) is 0 Å². The average molecular weight is 392 g/mol. The molecule has 0 bridgehead atoms. The number of benzene rings is 3. The summed E-state index contributed by atoms with van der Waals surface area (Å²) in [6.45, 7) is 2.27. The summed E-state index contributed by atoms with van der Waals surface area (Å²) in [5, 5.41) is 10.8. The number of hydrogen-bond acceptors (Lipinski definition) is 4. The molecule has 1 N–H and O–H groups in total. The highest BCUT2D eigenvalue weighted by molar-refractivity contribution is 5.93. The third kappa shape index (κ3) is 3.40. The molecule has 3 aromatic carbocycles. The number of hydrogen-bond donors (Lipinski definition) is 1. The molecule has 0 spiro atoms. The van der Waals surface area contributed by atoms with Crippen LogP contribution in [0.4, 0.5) is 0 Å². The van der Waals surface area contributed by atoms with Crippen LogP contribution in [0.1, 0.15) is 23.6 Å². The van der Waals surface area contributed by atoms with Gasteiger partial charge in [0.25, 0.3) is 0 Å². The first-order valence-electron chi connectivity index (χ1n) is 9.33. The molecule has 0 radical (unpaired) electrons. The fourth-order valence-corrected chi connectivity index (χ4v) is 3.75. The lowest BCUT2D eigenvalue weighted by molar-refractivity contribution is -0.140. The second-order valence-electron chi connectivity index (χ2n) is 6.38. The van der Waals surface area contributed by atoms with Crippen LogP contribution in [0.2, 0.25) is 0 Å². The Kier molecular flexibility index (Phi) is 6.07. The van der Waals surface area contributed by atoms with Gasteiger partial charge >= 0.3 is 5.97 Å². The van der Waals surface area contributed by atoms with Crippen LogP contribution in [0, 0.1) is 0 Å². The Morgan fingerprint density at radius 1 is 0.759 bits per heavy atom. The summed E-state index contributed by atoms with van der Waals surface area (Å²) in [7, 11) is 3.06. The van der Waals surface area contributed by atoms with Crippen LogP contribution in [0.15, 0.2) is 72.8 Å². The first-order valence-corrected chi connectivity index (χ1v) is 9.33. The predicted molar refractivity (Wildman–Crippen MR) is 111 cm³/mol. The summed E-state index contributed by atoms with van der Waals surface area (Å²) in [5.74, 6) is 0.368. The minimum atomic E-state index is -1.61. The van der Waals surface area contributed by atoms with Gasteiger partial charge in [-0.25, -0.2) is 0 Å². The first-order chi connectivity index (χ1) is 14.1. The van der Waals surface area contributed by atoms with Crippen LogP contribution < -0.4 is 14.2 Å². The molecule has 150 valence electrons. The number of carboxylic acid groups (broad SMARTS) is 1. The topological polar surface area (TPSA) is 65.0 Å². The normalized spacial score (nSPS) is 11.0. The number of rotatable bonds is 8. The van der Waals surface area contributed by atoms with Gasteiger partial charge in [-0.05, 0) is 25.1 Å². The van der Waals surface area contributed by atoms with Gasteiger partial charge in [-0.1, -0.05) is 54.6 Å². The highest BCUT2D eigenvalue weighted by atomic mass is 16.5. The van der Waals surface area contributed by atoms with E-state index in [4.69, 9.17) is 14.2 Å². The molecule has 0 heterocycles. The number of para-hydroxylation sites is 3. The smallest absolute Gasteiger partial charge is 0.323 e. The maximum absolute atomic E-state index is 13.1. The predicted octanol–water partition coefficient (Wildman–Crippen LogP) is 4.52. The van der Waals surface area contributed by atoms with Crippen LogP contribution >= 0.6 is 0 Å². The molecule has 0 fully saturated rings. The summed E-state index contributed by atoms with van der Waals surface area (Å²) in [6, 6.07) is 21.5. The van der Waals surface area contributed by atoms with E-state index in [1.807, 2.05) is 25.1 Å². The summed E-state index contributed by atoms with van der Waals surface area (Å²) in [5.41, 5.74) is -0.119. The van der Waals surface area contributed by atoms with Gasteiger partial charge in [0.05, 0.1) is 20.8 Å². The molecule has 0 aliphatic rings. The molecule has 5 heteroatoms. The first kappa shape index (κ1) is 20.3. The van der Waals surface area contributed by atoms with Gasteiger partial charge in [0, 0.05) is 16.7 Å². The van der Waals surface area contributed by atoms with Crippen LogP contribution in [-0.4, -0.2) is 31.9 Å². The molecule has 29 heavy (non-hydrogen) atoms. The summed E-state index contributed by atoms with van der Waals surface area (Å²) >= 11 is 0. The maximum atomic E-state index is 13.1. The quantitative estimate of drug-likeness (QED) is 0.571. The standard InChI is InChI=1S/C24H24O5/c1-4-29-22-16-10-7-13-19(22)24(23(25)26,17-11-5-8-14-20(17)27-2)18-12-6-9-15-21(18)28-3/h5-16H,4H2,1-3H3,(H,25,26). The van der Waals surface area contributed by atoms with Crippen molar-refractivity contribution in [3.05, 3.63) is 89.5 Å². The van der Waals surface area contributed by atoms with Crippen molar-refractivity contribution in [3.63, 3.8) is 0 Å². The lowest BCUT2D eigenvalue weighted by atomic mass is 9.68. The number of methoxy groups -OCH3 is 2. The molecular weight excluding hydrogens is 368 g/mol. The minimum Gasteiger partial charge on any atom is -0.496 e. The molecule has 5 nitrogen and oxygen atoms in total. The van der Waals surface area contributed by atoms with E-state index < -0.39 is 11.4 Å². The van der Waals surface area contributed by atoms with E-state index in [9.17, 15) is 9.90 Å². The molecule has 0 atom stereocenters. The lowest BCUT2D eigenvalue weighted by Crippen LogP contribution is -2.39. The average Bonchev–Trinajstić information content (AvgIpc) is 2.76. The Bertz CT molecular complexity index is 948. The number of carbonyl (C=O) groups is 1. The van der Waals surface area contributed by atoms with E-state index >= 15 is 0 Å². The summed E-state index contributed by atoms with van der Waals surface area (Å²) in [6.07, 6.45) is 0. The van der Waals surface area contributed by atoms with Crippen LogP contribution in [-0.2, 0) is 10.2 Å². The minimum absolute atomic E-state index is 0.407. The van der Waals surface area contributed by atoms with Crippen molar-refractivity contribution in [1.82, 2.24) is 0 Å². The van der Waals surface area contributed by atoms with Gasteiger partial charge in [-0.15, -0.1) is 0 Å². The zero-order chi connectivity index (χ0) is 20.9. The largest absolute Gasteiger partial charge is 0.496 e. The van der Waals surface area contributed by atoms with E-state index in [2.05, 4.69) is 0 Å². The Balaban J connectivity index is 2.52. The second kappa shape index (κ2) is 8.69. The van der Waals surface area contributed by atoms with Crippen molar-refractivity contribution in [3.8, 4) is 17.2 Å². The van der Waals surface area contributed by atoms with Crippen molar-refractivity contribution in [2.24, 2.45) is 0 Å². The van der Waals surface area contributed by atoms with Crippen LogP contribution in [0.3, 0.4) is 0 Å². The van der Waals surface area contributed by atoms with Gasteiger partial charge in [-0.3, -0.25) is 4.79 Å². The number of carboxylic acids is 1. The van der Waals surface area contributed by atoms with Crippen molar-refractivity contribution in [1.29, 1.82) is 0 Å². The summed E-state index contributed by atoms with van der Waals surface area (Å²) in [4.78, 5) is 13.1. The van der Waals surface area contributed by atoms with E-state index in [1.54, 1.807) is 54.6 Å². The molecule has 3 rings (SSSR count). The lowest BCUT2D eigenvalue weighted by Gasteiger charge is -2.34. The molecule has 0 aliphatic heterocycles. The molecule has 0 saturated heterocycles. The molecule has 0 amide bonds. The highest BCUT2D eigenvalue weighted by Gasteiger charge is 2.49. The molecule has 0 saturated carbocycles. The SMILES string of the molecule is CCOc1ccccc1C(C(=O)O)(c1ccccc1OC)c1ccccc1OC. The van der Waals surface area contributed by atoms with Crippen molar-refractivity contribution in [2.45, 2.75) is 12.3 Å². The third-order valence-electron chi connectivity index (χ3n) is 4.93. The van der Waals surface area contributed by atoms with Gasteiger partial charge in [0.2, 0.25) is 0 Å². The van der Waals surface area contributed by atoms with Gasteiger partial charge in [0.1, 0.15) is 17.2 Å². The number of aliphatic carboxylic acids is 1.